The molecule has 9 heteroatoms. The molecule has 1 aromatic carbocycles. The minimum Gasteiger partial charge on any atom is -0.490 e. The predicted octanol–water partition coefficient (Wildman–Crippen LogP) is 2.10. The zero-order chi connectivity index (χ0) is 21.1. The van der Waals surface area contributed by atoms with Crippen LogP contribution in [0.15, 0.2) is 18.2 Å². The Bertz CT molecular complexity index is 877. The lowest BCUT2D eigenvalue weighted by Gasteiger charge is -2.30. The van der Waals surface area contributed by atoms with Crippen molar-refractivity contribution in [3.05, 3.63) is 23.8 Å². The quantitative estimate of drug-likeness (QED) is 0.562. The van der Waals surface area contributed by atoms with Crippen molar-refractivity contribution < 1.29 is 28.7 Å². The summed E-state index contributed by atoms with van der Waals surface area (Å²) in [5.74, 6) is -0.109. The average molecular weight is 415 g/mol. The summed E-state index contributed by atoms with van der Waals surface area (Å²) >= 11 is 0. The average Bonchev–Trinajstić information content (AvgIpc) is 2.92. The number of ketones is 1. The van der Waals surface area contributed by atoms with E-state index in [1.54, 1.807) is 18.2 Å². The second-order valence-electron chi connectivity index (χ2n) is 7.88. The van der Waals surface area contributed by atoms with E-state index < -0.39 is 23.4 Å². The molecule has 3 aliphatic rings. The van der Waals surface area contributed by atoms with Crippen molar-refractivity contribution in [2.24, 2.45) is 0 Å². The van der Waals surface area contributed by atoms with Crippen LogP contribution in [0.2, 0.25) is 0 Å². The molecule has 0 unspecified atom stereocenters. The summed E-state index contributed by atoms with van der Waals surface area (Å²) in [6.45, 7) is 1.07. The molecule has 0 aromatic heterocycles. The lowest BCUT2D eigenvalue weighted by Crippen LogP contribution is -2.50. The van der Waals surface area contributed by atoms with Gasteiger partial charge in [-0.3, -0.25) is 19.8 Å². The molecular weight excluding hydrogens is 390 g/mol. The zero-order valence-corrected chi connectivity index (χ0v) is 16.7. The van der Waals surface area contributed by atoms with Gasteiger partial charge < -0.3 is 14.8 Å². The van der Waals surface area contributed by atoms with Gasteiger partial charge in [0.05, 0.1) is 13.2 Å². The second-order valence-corrected chi connectivity index (χ2v) is 7.88. The second kappa shape index (κ2) is 8.33. The number of rotatable bonds is 5. The normalized spacial score (nSPS) is 19.9. The van der Waals surface area contributed by atoms with E-state index in [4.69, 9.17) is 9.47 Å². The summed E-state index contributed by atoms with van der Waals surface area (Å²) in [6.07, 6.45) is 4.47. The van der Waals surface area contributed by atoms with Crippen LogP contribution in [0.25, 0.3) is 0 Å². The summed E-state index contributed by atoms with van der Waals surface area (Å²) in [4.78, 5) is 49.7. The zero-order valence-electron chi connectivity index (χ0n) is 16.7. The van der Waals surface area contributed by atoms with E-state index in [0.29, 0.717) is 43.1 Å². The van der Waals surface area contributed by atoms with E-state index in [0.717, 1.165) is 30.7 Å². The van der Waals surface area contributed by atoms with Crippen molar-refractivity contribution in [3.63, 3.8) is 0 Å². The van der Waals surface area contributed by atoms with Gasteiger partial charge >= 0.3 is 6.03 Å². The van der Waals surface area contributed by atoms with Crippen LogP contribution in [0.5, 0.6) is 11.5 Å². The molecule has 0 radical (unpaired) electrons. The van der Waals surface area contributed by atoms with E-state index in [1.165, 1.54) is 0 Å². The highest BCUT2D eigenvalue weighted by Gasteiger charge is 2.52. The first-order chi connectivity index (χ1) is 14.5. The Hall–Kier alpha value is -3.10. The molecule has 1 aliphatic carbocycles. The number of hydrogen-bond acceptors (Lipinski definition) is 6. The number of hydrogen-bond donors (Lipinski definition) is 2. The van der Waals surface area contributed by atoms with Crippen molar-refractivity contribution in [2.75, 3.05) is 13.2 Å². The van der Waals surface area contributed by atoms with Gasteiger partial charge in [-0.05, 0) is 31.0 Å². The Morgan fingerprint density at radius 1 is 1.00 bits per heavy atom. The van der Waals surface area contributed by atoms with Crippen LogP contribution >= 0.6 is 0 Å². The number of benzene rings is 1. The molecule has 1 spiro atoms. The number of nitrogens with one attached hydrogen (secondary N) is 2. The monoisotopic (exact) mass is 415 g/mol. The first-order valence-corrected chi connectivity index (χ1v) is 10.4. The number of ether oxygens (including phenoxy) is 2. The molecule has 0 atom stereocenters. The van der Waals surface area contributed by atoms with Crippen molar-refractivity contribution >= 4 is 23.6 Å². The van der Waals surface area contributed by atoms with Gasteiger partial charge in [0.25, 0.3) is 5.91 Å². The third-order valence-corrected chi connectivity index (χ3v) is 5.75. The molecule has 4 amide bonds. The summed E-state index contributed by atoms with van der Waals surface area (Å²) in [6, 6.07) is 4.32. The minimum atomic E-state index is -0.900. The molecule has 30 heavy (non-hydrogen) atoms. The number of imide groups is 1. The number of urea groups is 1. The summed E-state index contributed by atoms with van der Waals surface area (Å²) in [7, 11) is 0. The standard InChI is InChI=1S/C21H25N3O6/c25-15(14-5-7-16-17(13-14)30-12-4-11-29-16)6-8-18(26)23-24-19(27)21(22-20(24)28)9-2-1-3-10-21/h5,7,13H,1-4,6,8-12H2,(H,22,28)(H,23,26). The number of carbonyl (C=O) groups excluding carboxylic acids is 4. The van der Waals surface area contributed by atoms with Gasteiger partial charge in [0.1, 0.15) is 5.54 Å². The van der Waals surface area contributed by atoms with E-state index in [9.17, 15) is 19.2 Å². The van der Waals surface area contributed by atoms with Crippen LogP contribution in [0.4, 0.5) is 4.79 Å². The first kappa shape index (κ1) is 20.2. The molecule has 2 fully saturated rings. The van der Waals surface area contributed by atoms with Crippen molar-refractivity contribution in [1.82, 2.24) is 15.8 Å². The SMILES string of the molecule is O=C(CCC(=O)c1ccc2c(c1)OCCCO2)NN1C(=O)NC2(CCCCC2)C1=O. The molecule has 160 valence electrons. The predicted molar refractivity (Wildman–Crippen MR) is 105 cm³/mol. The number of Topliss-reactive ketones (excluding diaryl/α,β-unsaturated/α-hetero) is 1. The van der Waals surface area contributed by atoms with Crippen LogP contribution in [-0.4, -0.2) is 47.4 Å². The van der Waals surface area contributed by atoms with Gasteiger partial charge in [-0.2, -0.15) is 5.01 Å². The van der Waals surface area contributed by atoms with Crippen LogP contribution in [-0.2, 0) is 9.59 Å². The van der Waals surface area contributed by atoms with Gasteiger partial charge in [-0.15, -0.1) is 0 Å². The van der Waals surface area contributed by atoms with E-state index in [-0.39, 0.29) is 18.6 Å². The Labute approximate surface area is 174 Å². The third kappa shape index (κ3) is 3.96. The molecule has 9 nitrogen and oxygen atoms in total. The maximum absolute atomic E-state index is 12.7. The van der Waals surface area contributed by atoms with Crippen molar-refractivity contribution in [3.8, 4) is 11.5 Å². The Balaban J connectivity index is 1.32. The van der Waals surface area contributed by atoms with Crippen LogP contribution in [0, 0.1) is 0 Å². The van der Waals surface area contributed by atoms with Gasteiger partial charge in [0.15, 0.2) is 17.3 Å². The van der Waals surface area contributed by atoms with Crippen LogP contribution in [0.1, 0.15) is 61.7 Å². The molecule has 0 bridgehead atoms. The van der Waals surface area contributed by atoms with Gasteiger partial charge in [0.2, 0.25) is 5.91 Å². The van der Waals surface area contributed by atoms with Gasteiger partial charge in [-0.25, -0.2) is 4.79 Å². The maximum Gasteiger partial charge on any atom is 0.344 e. The highest BCUT2D eigenvalue weighted by atomic mass is 16.5. The first-order valence-electron chi connectivity index (χ1n) is 10.4. The van der Waals surface area contributed by atoms with Crippen molar-refractivity contribution in [1.29, 1.82) is 0 Å². The third-order valence-electron chi connectivity index (χ3n) is 5.75. The van der Waals surface area contributed by atoms with E-state index >= 15 is 0 Å². The summed E-state index contributed by atoms with van der Waals surface area (Å²) in [5.41, 5.74) is 1.87. The molecule has 2 heterocycles. The largest absolute Gasteiger partial charge is 0.490 e. The maximum atomic E-state index is 12.7. The highest BCUT2D eigenvalue weighted by Crippen LogP contribution is 2.33. The van der Waals surface area contributed by atoms with E-state index in [2.05, 4.69) is 10.7 Å². The van der Waals surface area contributed by atoms with Gasteiger partial charge in [-0.1, -0.05) is 19.3 Å². The molecule has 1 saturated heterocycles. The van der Waals surface area contributed by atoms with Crippen LogP contribution in [0.3, 0.4) is 0 Å². The highest BCUT2D eigenvalue weighted by molar-refractivity contribution is 6.08. The lowest BCUT2D eigenvalue weighted by molar-refractivity contribution is -0.139. The lowest BCUT2D eigenvalue weighted by atomic mass is 9.82. The molecule has 1 saturated carbocycles. The number of amides is 4. The number of hydrazine groups is 1. The Morgan fingerprint density at radius 3 is 2.50 bits per heavy atom. The molecule has 2 N–H and O–H groups in total. The van der Waals surface area contributed by atoms with Crippen molar-refractivity contribution in [2.45, 2.75) is 56.9 Å². The Morgan fingerprint density at radius 2 is 1.73 bits per heavy atom. The van der Waals surface area contributed by atoms with E-state index in [1.807, 2.05) is 0 Å². The fourth-order valence-corrected chi connectivity index (χ4v) is 4.10. The summed E-state index contributed by atoms with van der Waals surface area (Å²) in [5, 5.41) is 3.48. The number of carbonyl (C=O) groups is 4. The molecular formula is C21H25N3O6. The minimum absolute atomic E-state index is 0.0553. The molecule has 2 aliphatic heterocycles. The molecule has 1 aromatic rings. The molecule has 4 rings (SSSR count). The fraction of sp³-hybridized carbons (Fsp3) is 0.524. The Kier molecular flexibility index (Phi) is 5.61. The summed E-state index contributed by atoms with van der Waals surface area (Å²) < 4.78 is 11.1. The smallest absolute Gasteiger partial charge is 0.344 e. The fourth-order valence-electron chi connectivity index (χ4n) is 4.10. The number of nitrogens with zero attached hydrogens (tertiary/aromatic N) is 1. The number of fused-ring (bicyclic) bond motifs is 1. The van der Waals surface area contributed by atoms with Gasteiger partial charge in [0, 0.05) is 24.8 Å². The topological polar surface area (TPSA) is 114 Å². The van der Waals surface area contributed by atoms with Crippen LogP contribution < -0.4 is 20.2 Å².